The molecule has 0 atom stereocenters. The molecule has 4 rings (SSSR count). The van der Waals surface area contributed by atoms with Gasteiger partial charge in [-0.05, 0) is 36.8 Å². The van der Waals surface area contributed by atoms with E-state index in [-0.39, 0.29) is 6.61 Å². The molecule has 0 saturated heterocycles. The van der Waals surface area contributed by atoms with Gasteiger partial charge in [-0.15, -0.1) is 5.10 Å². The zero-order valence-electron chi connectivity index (χ0n) is 16.4. The van der Waals surface area contributed by atoms with Gasteiger partial charge in [0.2, 0.25) is 11.8 Å². The molecular weight excluding hydrogens is 382 g/mol. The third kappa shape index (κ3) is 3.81. The number of carbonyl (C=O) groups excluding carboxylic acids is 1. The highest BCUT2D eigenvalue weighted by atomic mass is 16.5. The molecule has 30 heavy (non-hydrogen) atoms. The largest absolute Gasteiger partial charge is 0.438 e. The van der Waals surface area contributed by atoms with Crippen molar-refractivity contribution in [1.82, 2.24) is 14.6 Å². The first-order valence-corrected chi connectivity index (χ1v) is 9.44. The Morgan fingerprint density at radius 1 is 1.20 bits per heavy atom. The third-order valence-corrected chi connectivity index (χ3v) is 4.63. The van der Waals surface area contributed by atoms with Gasteiger partial charge in [0.15, 0.2) is 5.65 Å². The van der Waals surface area contributed by atoms with Crippen molar-refractivity contribution in [2.24, 2.45) is 5.73 Å². The van der Waals surface area contributed by atoms with E-state index < -0.39 is 5.91 Å². The SMILES string of the molecule is Cc1cc(-c2cnc3c(NCCO)cc(Oc4ccccc4)nn23)ccc1C(N)=O. The number of amides is 1. The zero-order chi connectivity index (χ0) is 21.1. The van der Waals surface area contributed by atoms with E-state index in [1.54, 1.807) is 22.8 Å². The number of benzene rings is 2. The summed E-state index contributed by atoms with van der Waals surface area (Å²) >= 11 is 0. The van der Waals surface area contributed by atoms with Crippen molar-refractivity contribution in [2.75, 3.05) is 18.5 Å². The summed E-state index contributed by atoms with van der Waals surface area (Å²) in [7, 11) is 0. The van der Waals surface area contributed by atoms with Crippen LogP contribution in [0.15, 0.2) is 60.8 Å². The molecule has 2 aromatic carbocycles. The monoisotopic (exact) mass is 403 g/mol. The molecule has 0 unspecified atom stereocenters. The average molecular weight is 403 g/mol. The van der Waals surface area contributed by atoms with Crippen LogP contribution in [-0.2, 0) is 0 Å². The van der Waals surface area contributed by atoms with Crippen molar-refractivity contribution in [3.8, 4) is 22.9 Å². The second-order valence-corrected chi connectivity index (χ2v) is 6.73. The number of nitrogens with two attached hydrogens (primary N) is 1. The zero-order valence-corrected chi connectivity index (χ0v) is 16.4. The van der Waals surface area contributed by atoms with E-state index in [1.807, 2.05) is 49.4 Å². The number of nitrogens with zero attached hydrogens (tertiary/aromatic N) is 3. The summed E-state index contributed by atoms with van der Waals surface area (Å²) in [5, 5.41) is 17.0. The number of aliphatic hydroxyl groups is 1. The van der Waals surface area contributed by atoms with Crippen LogP contribution in [0, 0.1) is 6.92 Å². The van der Waals surface area contributed by atoms with Gasteiger partial charge < -0.3 is 20.9 Å². The van der Waals surface area contributed by atoms with Gasteiger partial charge in [-0.25, -0.2) is 9.50 Å². The molecule has 0 bridgehead atoms. The number of fused-ring (bicyclic) bond motifs is 1. The molecule has 1 amide bonds. The number of aliphatic hydroxyl groups excluding tert-OH is 1. The van der Waals surface area contributed by atoms with Crippen LogP contribution in [0.1, 0.15) is 15.9 Å². The molecule has 0 saturated carbocycles. The van der Waals surface area contributed by atoms with Crippen LogP contribution >= 0.6 is 0 Å². The van der Waals surface area contributed by atoms with Crippen molar-refractivity contribution >= 4 is 17.2 Å². The van der Waals surface area contributed by atoms with Crippen LogP contribution in [0.2, 0.25) is 0 Å². The van der Waals surface area contributed by atoms with E-state index in [9.17, 15) is 9.90 Å². The number of anilines is 1. The lowest BCUT2D eigenvalue weighted by atomic mass is 10.0. The summed E-state index contributed by atoms with van der Waals surface area (Å²) in [5.74, 6) is 0.559. The predicted molar refractivity (Wildman–Crippen MR) is 114 cm³/mol. The number of carbonyl (C=O) groups is 1. The number of hydrogen-bond acceptors (Lipinski definition) is 6. The van der Waals surface area contributed by atoms with Crippen LogP contribution in [-0.4, -0.2) is 38.8 Å². The standard InChI is InChI=1S/C22H21N5O3/c1-14-11-15(7-8-17(14)21(23)29)19-13-25-22-18(24-9-10-28)12-20(26-27(19)22)30-16-5-3-2-4-6-16/h2-8,11-13,24,28H,9-10H2,1H3,(H2,23,29). The van der Waals surface area contributed by atoms with E-state index in [0.717, 1.165) is 16.8 Å². The Bertz CT molecular complexity index is 1200. The van der Waals surface area contributed by atoms with Crippen molar-refractivity contribution in [2.45, 2.75) is 6.92 Å². The molecule has 2 heterocycles. The number of aryl methyl sites for hydroxylation is 1. The van der Waals surface area contributed by atoms with Gasteiger partial charge in [0, 0.05) is 23.7 Å². The minimum atomic E-state index is -0.468. The minimum absolute atomic E-state index is 0.0231. The van der Waals surface area contributed by atoms with Crippen LogP contribution in [0.5, 0.6) is 11.6 Å². The highest BCUT2D eigenvalue weighted by Crippen LogP contribution is 2.29. The molecule has 0 aliphatic carbocycles. The number of nitrogens with one attached hydrogen (secondary N) is 1. The quantitative estimate of drug-likeness (QED) is 0.437. The van der Waals surface area contributed by atoms with Gasteiger partial charge in [0.1, 0.15) is 5.75 Å². The maximum absolute atomic E-state index is 11.5. The van der Waals surface area contributed by atoms with E-state index >= 15 is 0 Å². The van der Waals surface area contributed by atoms with Crippen molar-refractivity contribution in [3.05, 3.63) is 71.9 Å². The van der Waals surface area contributed by atoms with Gasteiger partial charge in [0.05, 0.1) is 24.2 Å². The topological polar surface area (TPSA) is 115 Å². The molecular formula is C22H21N5O3. The average Bonchev–Trinajstić information content (AvgIpc) is 3.16. The Morgan fingerprint density at radius 2 is 2.00 bits per heavy atom. The molecule has 0 radical (unpaired) electrons. The van der Waals surface area contributed by atoms with Gasteiger partial charge in [0.25, 0.3) is 0 Å². The Hall–Kier alpha value is -3.91. The van der Waals surface area contributed by atoms with E-state index in [1.165, 1.54) is 0 Å². The Kier molecular flexibility index (Phi) is 5.32. The summed E-state index contributed by atoms with van der Waals surface area (Å²) in [4.78, 5) is 16.0. The van der Waals surface area contributed by atoms with E-state index in [2.05, 4.69) is 15.4 Å². The molecule has 4 aromatic rings. The lowest BCUT2D eigenvalue weighted by molar-refractivity contribution is 0.0999. The van der Waals surface area contributed by atoms with Gasteiger partial charge in [-0.1, -0.05) is 24.3 Å². The molecule has 8 nitrogen and oxygen atoms in total. The van der Waals surface area contributed by atoms with Gasteiger partial charge in [-0.2, -0.15) is 0 Å². The summed E-state index contributed by atoms with van der Waals surface area (Å²) in [5.41, 5.74) is 9.50. The maximum atomic E-state index is 11.5. The summed E-state index contributed by atoms with van der Waals surface area (Å²) < 4.78 is 7.60. The molecule has 8 heteroatoms. The highest BCUT2D eigenvalue weighted by molar-refractivity contribution is 5.94. The summed E-state index contributed by atoms with van der Waals surface area (Å²) in [6.45, 7) is 2.17. The normalized spacial score (nSPS) is 10.9. The minimum Gasteiger partial charge on any atom is -0.438 e. The van der Waals surface area contributed by atoms with E-state index in [4.69, 9.17) is 10.5 Å². The number of hydrogen-bond donors (Lipinski definition) is 3. The van der Waals surface area contributed by atoms with Crippen LogP contribution in [0.4, 0.5) is 5.69 Å². The molecule has 2 aromatic heterocycles. The lowest BCUT2D eigenvalue weighted by Gasteiger charge is -2.11. The first kappa shape index (κ1) is 19.4. The number of imidazole rings is 1. The molecule has 0 aliphatic heterocycles. The Balaban J connectivity index is 1.82. The van der Waals surface area contributed by atoms with E-state index in [0.29, 0.717) is 35.1 Å². The first-order valence-electron chi connectivity index (χ1n) is 9.44. The molecule has 0 aliphatic rings. The Labute approximate surface area is 172 Å². The fourth-order valence-electron chi connectivity index (χ4n) is 3.22. The number of rotatable bonds is 7. The fraction of sp³-hybridized carbons (Fsp3) is 0.136. The first-order chi connectivity index (χ1) is 14.6. The van der Waals surface area contributed by atoms with Crippen LogP contribution < -0.4 is 15.8 Å². The lowest BCUT2D eigenvalue weighted by Crippen LogP contribution is -2.12. The van der Waals surface area contributed by atoms with Gasteiger partial charge in [-0.3, -0.25) is 4.79 Å². The smallest absolute Gasteiger partial charge is 0.248 e. The fourth-order valence-corrected chi connectivity index (χ4v) is 3.22. The van der Waals surface area contributed by atoms with Crippen LogP contribution in [0.3, 0.4) is 0 Å². The molecule has 0 spiro atoms. The Morgan fingerprint density at radius 3 is 2.70 bits per heavy atom. The molecule has 4 N–H and O–H groups in total. The number of para-hydroxylation sites is 1. The number of aromatic nitrogens is 3. The number of ether oxygens (including phenoxy) is 1. The summed E-state index contributed by atoms with van der Waals surface area (Å²) in [6, 6.07) is 16.5. The van der Waals surface area contributed by atoms with Crippen molar-refractivity contribution in [3.63, 3.8) is 0 Å². The second kappa shape index (κ2) is 8.22. The number of primary amides is 1. The highest BCUT2D eigenvalue weighted by Gasteiger charge is 2.15. The summed E-state index contributed by atoms with van der Waals surface area (Å²) in [6.07, 6.45) is 1.71. The van der Waals surface area contributed by atoms with Crippen molar-refractivity contribution in [1.29, 1.82) is 0 Å². The third-order valence-electron chi connectivity index (χ3n) is 4.63. The van der Waals surface area contributed by atoms with Gasteiger partial charge >= 0.3 is 0 Å². The van der Waals surface area contributed by atoms with Crippen LogP contribution in [0.25, 0.3) is 16.9 Å². The maximum Gasteiger partial charge on any atom is 0.248 e. The molecule has 0 fully saturated rings. The van der Waals surface area contributed by atoms with Crippen molar-refractivity contribution < 1.29 is 14.6 Å². The second-order valence-electron chi connectivity index (χ2n) is 6.73. The molecule has 152 valence electrons. The predicted octanol–water partition coefficient (Wildman–Crippen LogP) is 3.00.